The molecule has 1 atom stereocenters. The van der Waals surface area contributed by atoms with Gasteiger partial charge in [0.15, 0.2) is 0 Å². The highest BCUT2D eigenvalue weighted by Gasteiger charge is 2.31. The van der Waals surface area contributed by atoms with Gasteiger partial charge < -0.3 is 10.2 Å². The molecule has 0 unspecified atom stereocenters. The maximum atomic E-state index is 13.6. The number of carbonyl (C=O) groups excluding carboxylic acids is 2. The van der Waals surface area contributed by atoms with E-state index in [4.69, 9.17) is 0 Å². The number of nitrogens with one attached hydrogen (secondary N) is 1. The van der Waals surface area contributed by atoms with Crippen LogP contribution in [0.4, 0.5) is 10.1 Å². The van der Waals surface area contributed by atoms with Crippen molar-refractivity contribution in [3.8, 4) is 0 Å². The highest BCUT2D eigenvalue weighted by atomic mass is 32.2. The molecule has 0 saturated carbocycles. The first kappa shape index (κ1) is 25.2. The minimum atomic E-state index is -3.84. The van der Waals surface area contributed by atoms with Crippen molar-refractivity contribution in [3.05, 3.63) is 78.1 Å². The Hall–Kier alpha value is -3.46. The predicted molar refractivity (Wildman–Crippen MR) is 131 cm³/mol. The Labute approximate surface area is 199 Å². The van der Waals surface area contributed by atoms with Crippen LogP contribution in [0.25, 0.3) is 10.8 Å². The normalized spacial score (nSPS) is 12.2. The van der Waals surface area contributed by atoms with Crippen LogP contribution in [0.15, 0.2) is 66.7 Å². The number of halogens is 1. The number of hydrogen-bond acceptors (Lipinski definition) is 4. The summed E-state index contributed by atoms with van der Waals surface area (Å²) >= 11 is 0. The molecule has 3 aromatic rings. The molecule has 0 aromatic heterocycles. The monoisotopic (exact) mass is 485 g/mol. The molecule has 7 nitrogen and oxygen atoms in total. The second-order valence-corrected chi connectivity index (χ2v) is 9.86. The number of hydrogen-bond donors (Lipinski definition) is 1. The first-order chi connectivity index (χ1) is 16.2. The summed E-state index contributed by atoms with van der Waals surface area (Å²) < 4.78 is 40.0. The summed E-state index contributed by atoms with van der Waals surface area (Å²) in [6.07, 6.45) is 1.36. The quantitative estimate of drug-likeness (QED) is 0.504. The number of sulfonamides is 1. The molecule has 3 rings (SSSR count). The van der Waals surface area contributed by atoms with Gasteiger partial charge >= 0.3 is 0 Å². The Morgan fingerprint density at radius 3 is 2.26 bits per heavy atom. The maximum Gasteiger partial charge on any atom is 0.244 e. The summed E-state index contributed by atoms with van der Waals surface area (Å²) in [6.45, 7) is 1.31. The van der Waals surface area contributed by atoms with Crippen molar-refractivity contribution < 1.29 is 22.4 Å². The highest BCUT2D eigenvalue weighted by Crippen LogP contribution is 2.28. The molecule has 3 aromatic carbocycles. The zero-order chi connectivity index (χ0) is 24.9. The SMILES string of the molecule is CC[C@H](C(=O)NC)N(Cc1ccc(F)cc1)C(=O)CN(c1cccc2ccccc12)S(C)(=O)=O. The summed E-state index contributed by atoms with van der Waals surface area (Å²) in [7, 11) is -2.36. The summed E-state index contributed by atoms with van der Waals surface area (Å²) in [6, 6.07) is 17.3. The number of rotatable bonds is 9. The molecule has 0 aliphatic rings. The van der Waals surface area contributed by atoms with Crippen molar-refractivity contribution in [2.75, 3.05) is 24.2 Å². The number of likely N-dealkylation sites (N-methyl/N-ethyl adjacent to an activating group) is 1. The third kappa shape index (κ3) is 5.72. The van der Waals surface area contributed by atoms with Crippen LogP contribution in [0.1, 0.15) is 18.9 Å². The third-order valence-corrected chi connectivity index (χ3v) is 6.74. The molecule has 0 radical (unpaired) electrons. The molecule has 0 aliphatic carbocycles. The molecule has 0 saturated heterocycles. The van der Waals surface area contributed by atoms with Crippen molar-refractivity contribution in [1.29, 1.82) is 0 Å². The van der Waals surface area contributed by atoms with Crippen LogP contribution in [0, 0.1) is 5.82 Å². The van der Waals surface area contributed by atoms with Crippen LogP contribution < -0.4 is 9.62 Å². The predicted octanol–water partition coefficient (Wildman–Crippen LogP) is 3.30. The van der Waals surface area contributed by atoms with Gasteiger partial charge in [0.1, 0.15) is 18.4 Å². The van der Waals surface area contributed by atoms with Gasteiger partial charge in [-0.15, -0.1) is 0 Å². The number of nitrogens with zero attached hydrogens (tertiary/aromatic N) is 2. The van der Waals surface area contributed by atoms with Gasteiger partial charge in [-0.05, 0) is 35.6 Å². The molecule has 34 heavy (non-hydrogen) atoms. The molecule has 9 heteroatoms. The molecule has 2 amide bonds. The molecule has 0 aliphatic heterocycles. The van der Waals surface area contributed by atoms with E-state index in [1.54, 1.807) is 31.2 Å². The lowest BCUT2D eigenvalue weighted by Gasteiger charge is -2.32. The smallest absolute Gasteiger partial charge is 0.244 e. The fraction of sp³-hybridized carbons (Fsp3) is 0.280. The van der Waals surface area contributed by atoms with Crippen molar-refractivity contribution in [2.24, 2.45) is 0 Å². The van der Waals surface area contributed by atoms with E-state index >= 15 is 0 Å². The minimum absolute atomic E-state index is 0.0260. The van der Waals surface area contributed by atoms with Crippen LogP contribution in [-0.2, 0) is 26.2 Å². The van der Waals surface area contributed by atoms with Gasteiger partial charge in [-0.25, -0.2) is 12.8 Å². The Balaban J connectivity index is 2.02. The van der Waals surface area contributed by atoms with Crippen LogP contribution in [-0.4, -0.2) is 51.0 Å². The molecule has 0 spiro atoms. The molecular weight excluding hydrogens is 457 g/mol. The van der Waals surface area contributed by atoms with Crippen molar-refractivity contribution >= 4 is 38.3 Å². The number of amides is 2. The fourth-order valence-corrected chi connectivity index (χ4v) is 4.75. The van der Waals surface area contributed by atoms with E-state index in [0.29, 0.717) is 23.1 Å². The largest absolute Gasteiger partial charge is 0.357 e. The zero-order valence-corrected chi connectivity index (χ0v) is 20.2. The Kier molecular flexibility index (Phi) is 7.88. The lowest BCUT2D eigenvalue weighted by molar-refractivity contribution is -0.140. The lowest BCUT2D eigenvalue weighted by Crippen LogP contribution is -2.51. The van der Waals surface area contributed by atoms with Gasteiger partial charge in [-0.2, -0.15) is 0 Å². The van der Waals surface area contributed by atoms with Gasteiger partial charge in [0.2, 0.25) is 21.8 Å². The molecule has 0 bridgehead atoms. The number of fused-ring (bicyclic) bond motifs is 1. The number of carbonyl (C=O) groups is 2. The molecule has 1 N–H and O–H groups in total. The molecule has 0 heterocycles. The fourth-order valence-electron chi connectivity index (χ4n) is 3.89. The first-order valence-corrected chi connectivity index (χ1v) is 12.7. The summed E-state index contributed by atoms with van der Waals surface area (Å²) in [5, 5.41) is 4.08. The van der Waals surface area contributed by atoms with Gasteiger partial charge in [0.25, 0.3) is 0 Å². The van der Waals surface area contributed by atoms with Crippen molar-refractivity contribution in [1.82, 2.24) is 10.2 Å². The summed E-state index contributed by atoms with van der Waals surface area (Å²) in [4.78, 5) is 27.5. The van der Waals surface area contributed by atoms with Crippen LogP contribution in [0.5, 0.6) is 0 Å². The van der Waals surface area contributed by atoms with E-state index < -0.39 is 34.3 Å². The van der Waals surface area contributed by atoms with Crippen LogP contribution >= 0.6 is 0 Å². The van der Waals surface area contributed by atoms with Crippen molar-refractivity contribution in [3.63, 3.8) is 0 Å². The zero-order valence-electron chi connectivity index (χ0n) is 19.4. The van der Waals surface area contributed by atoms with E-state index in [1.807, 2.05) is 18.2 Å². The van der Waals surface area contributed by atoms with E-state index in [9.17, 15) is 22.4 Å². The van der Waals surface area contributed by atoms with Gasteiger partial charge in [0, 0.05) is 19.0 Å². The van der Waals surface area contributed by atoms with E-state index in [-0.39, 0.29) is 12.5 Å². The second kappa shape index (κ2) is 10.6. The molecule has 0 fully saturated rings. The van der Waals surface area contributed by atoms with Gasteiger partial charge in [0.05, 0.1) is 11.9 Å². The Morgan fingerprint density at radius 1 is 1.00 bits per heavy atom. The summed E-state index contributed by atoms with van der Waals surface area (Å²) in [5.74, 6) is -1.33. The molecular formula is C25H28FN3O4S. The van der Waals surface area contributed by atoms with Crippen LogP contribution in [0.2, 0.25) is 0 Å². The van der Waals surface area contributed by atoms with Gasteiger partial charge in [-0.1, -0.05) is 55.5 Å². The topological polar surface area (TPSA) is 86.8 Å². The standard InChI is InChI=1S/C25H28FN3O4S/c1-4-22(25(31)27-2)28(16-18-12-14-20(26)15-13-18)24(30)17-29(34(3,32)33)23-11-7-9-19-8-5-6-10-21(19)23/h5-15,22H,4,16-17H2,1-3H3,(H,27,31)/t22-/m1/s1. The number of benzene rings is 3. The van der Waals surface area contributed by atoms with Crippen LogP contribution in [0.3, 0.4) is 0 Å². The third-order valence-electron chi connectivity index (χ3n) is 5.61. The van der Waals surface area contributed by atoms with Crippen molar-refractivity contribution in [2.45, 2.75) is 25.9 Å². The highest BCUT2D eigenvalue weighted by molar-refractivity contribution is 7.92. The average molecular weight is 486 g/mol. The van der Waals surface area contributed by atoms with E-state index in [0.717, 1.165) is 15.9 Å². The maximum absolute atomic E-state index is 13.6. The average Bonchev–Trinajstić information content (AvgIpc) is 2.82. The van der Waals surface area contributed by atoms with E-state index in [2.05, 4.69) is 5.32 Å². The van der Waals surface area contributed by atoms with Gasteiger partial charge in [-0.3, -0.25) is 13.9 Å². The second-order valence-electron chi connectivity index (χ2n) is 7.95. The Bertz CT molecular complexity index is 1270. The lowest BCUT2D eigenvalue weighted by atomic mass is 10.1. The minimum Gasteiger partial charge on any atom is -0.357 e. The molecule has 180 valence electrons. The van der Waals surface area contributed by atoms with E-state index in [1.165, 1.54) is 36.2 Å². The number of anilines is 1. The first-order valence-electron chi connectivity index (χ1n) is 10.9. The Morgan fingerprint density at radius 2 is 1.65 bits per heavy atom. The summed E-state index contributed by atoms with van der Waals surface area (Å²) in [5.41, 5.74) is 0.997.